The van der Waals surface area contributed by atoms with Gasteiger partial charge in [-0.3, -0.25) is 0 Å². The Morgan fingerprint density at radius 2 is 1.46 bits per heavy atom. The highest BCUT2D eigenvalue weighted by Crippen LogP contribution is 2.66. The van der Waals surface area contributed by atoms with Gasteiger partial charge in [-0.1, -0.05) is 65.8 Å². The van der Waals surface area contributed by atoms with Gasteiger partial charge in [-0.05, 0) is 54.6 Å². The molecule has 3 unspecified atom stereocenters. The van der Waals surface area contributed by atoms with Crippen molar-refractivity contribution in [2.24, 2.45) is 22.9 Å². The zero-order valence-corrected chi connectivity index (χ0v) is 15.1. The molecule has 132 valence electrons. The molecule has 1 heterocycles. The lowest BCUT2D eigenvalue weighted by Crippen LogP contribution is -2.62. The molecule has 5 aliphatic rings. The van der Waals surface area contributed by atoms with Gasteiger partial charge in [0.25, 0.3) is 0 Å². The quantitative estimate of drug-likeness (QED) is 0.722. The monoisotopic (exact) mass is 343 g/mol. The molecule has 0 aromatic heterocycles. The predicted octanol–water partition coefficient (Wildman–Crippen LogP) is 5.33. The Hall–Kier alpha value is -2.09. The van der Waals surface area contributed by atoms with Crippen LogP contribution in [-0.4, -0.2) is 11.3 Å². The number of benzene rings is 2. The van der Waals surface area contributed by atoms with E-state index in [9.17, 15) is 0 Å². The minimum absolute atomic E-state index is 0.0274. The summed E-state index contributed by atoms with van der Waals surface area (Å²) in [4.78, 5) is 6.35. The van der Waals surface area contributed by atoms with Crippen LogP contribution in [0.25, 0.3) is 0 Å². The van der Waals surface area contributed by atoms with Gasteiger partial charge in [0.1, 0.15) is 5.60 Å². The number of hydrogen-bond donors (Lipinski definition) is 0. The second kappa shape index (κ2) is 5.22. The summed E-state index contributed by atoms with van der Waals surface area (Å²) in [6.45, 7) is 0. The highest BCUT2D eigenvalue weighted by molar-refractivity contribution is 6.01. The molecule has 2 aromatic carbocycles. The van der Waals surface area contributed by atoms with Crippen molar-refractivity contribution in [3.63, 3.8) is 0 Å². The predicted molar refractivity (Wildman–Crippen MR) is 103 cm³/mol. The molecular formula is C24H25NO. The van der Waals surface area contributed by atoms with Crippen LogP contribution in [0.1, 0.15) is 49.7 Å². The van der Waals surface area contributed by atoms with Crippen LogP contribution >= 0.6 is 0 Å². The fourth-order valence-corrected chi connectivity index (χ4v) is 6.89. The third-order valence-corrected chi connectivity index (χ3v) is 7.83. The topological polar surface area (TPSA) is 21.6 Å². The van der Waals surface area contributed by atoms with E-state index >= 15 is 0 Å². The summed E-state index contributed by atoms with van der Waals surface area (Å²) in [5.41, 5.74) is 4.32. The fraction of sp³-hybridized carbons (Fsp3) is 0.458. The first-order valence-corrected chi connectivity index (χ1v) is 10.1. The number of nitrogens with zero attached hydrogens (tertiary/aromatic N) is 1. The van der Waals surface area contributed by atoms with Crippen molar-refractivity contribution in [3.05, 3.63) is 71.8 Å². The van der Waals surface area contributed by atoms with Gasteiger partial charge in [0.15, 0.2) is 0 Å². The van der Waals surface area contributed by atoms with Crippen LogP contribution in [0.2, 0.25) is 0 Å². The molecule has 4 fully saturated rings. The Kier molecular flexibility index (Phi) is 3.01. The van der Waals surface area contributed by atoms with Crippen LogP contribution in [0, 0.1) is 17.8 Å². The van der Waals surface area contributed by atoms with Gasteiger partial charge in [0.05, 0.1) is 5.71 Å². The molecule has 7 rings (SSSR count). The van der Waals surface area contributed by atoms with Crippen molar-refractivity contribution in [1.29, 1.82) is 0 Å². The van der Waals surface area contributed by atoms with E-state index < -0.39 is 0 Å². The average Bonchev–Trinajstić information content (AvgIpc) is 3.14. The van der Waals surface area contributed by atoms with Crippen molar-refractivity contribution >= 4 is 5.71 Å². The molecule has 4 saturated carbocycles. The highest BCUT2D eigenvalue weighted by atomic mass is 16.7. The Morgan fingerprint density at radius 1 is 0.808 bits per heavy atom. The largest absolute Gasteiger partial charge is 0.388 e. The Bertz CT molecular complexity index is 840. The second-order valence-electron chi connectivity index (χ2n) is 9.12. The Morgan fingerprint density at radius 3 is 2.15 bits per heavy atom. The summed E-state index contributed by atoms with van der Waals surface area (Å²) in [7, 11) is 0. The molecule has 4 aliphatic carbocycles. The lowest BCUT2D eigenvalue weighted by Gasteiger charge is -2.63. The zero-order valence-electron chi connectivity index (χ0n) is 15.1. The Balaban J connectivity index is 1.34. The number of rotatable bonds is 2. The Labute approximate surface area is 155 Å². The summed E-state index contributed by atoms with van der Waals surface area (Å²) >= 11 is 0. The van der Waals surface area contributed by atoms with Crippen LogP contribution in [0.5, 0.6) is 0 Å². The fourth-order valence-electron chi connectivity index (χ4n) is 6.89. The van der Waals surface area contributed by atoms with E-state index in [1.54, 1.807) is 5.56 Å². The summed E-state index contributed by atoms with van der Waals surface area (Å²) in [6, 6.07) is 21.9. The van der Waals surface area contributed by atoms with Crippen LogP contribution in [0.3, 0.4) is 0 Å². The average molecular weight is 343 g/mol. The molecular weight excluding hydrogens is 318 g/mol. The van der Waals surface area contributed by atoms with E-state index in [4.69, 9.17) is 4.84 Å². The van der Waals surface area contributed by atoms with E-state index in [0.717, 1.165) is 18.1 Å². The van der Waals surface area contributed by atoms with Gasteiger partial charge in [0, 0.05) is 18.3 Å². The summed E-state index contributed by atoms with van der Waals surface area (Å²) in [5.74, 6) is 2.18. The molecule has 4 bridgehead atoms. The first-order chi connectivity index (χ1) is 12.8. The van der Waals surface area contributed by atoms with Crippen molar-refractivity contribution in [3.8, 4) is 0 Å². The maximum absolute atomic E-state index is 6.35. The SMILES string of the molecule is c1ccc(C2=NOC3(C2)[C@@H]2CC4C[C@H]3CC(c3ccccc3)(C4)C2)cc1. The standard InChI is InChI=1S/C24H25NO/c1-3-7-18(8-4-1)22-16-24(26-25-22)20-11-17-12-21(24)15-23(13-17,14-20)19-9-5-2-6-10-19/h1-10,17,20-21H,11-16H2/t17?,20-,21+,23?,24?. The molecule has 0 radical (unpaired) electrons. The number of oxime groups is 1. The highest BCUT2D eigenvalue weighted by Gasteiger charge is 2.65. The summed E-state index contributed by atoms with van der Waals surface area (Å²) in [5, 5.41) is 4.62. The molecule has 0 saturated heterocycles. The second-order valence-corrected chi connectivity index (χ2v) is 9.12. The van der Waals surface area contributed by atoms with E-state index in [-0.39, 0.29) is 5.60 Å². The number of hydrogen-bond acceptors (Lipinski definition) is 2. The summed E-state index contributed by atoms with van der Waals surface area (Å²) in [6.07, 6.45) is 7.62. The molecule has 26 heavy (non-hydrogen) atoms. The van der Waals surface area contributed by atoms with Crippen molar-refractivity contribution in [1.82, 2.24) is 0 Å². The maximum atomic E-state index is 6.35. The lowest BCUT2D eigenvalue weighted by atomic mass is 9.43. The van der Waals surface area contributed by atoms with E-state index in [1.165, 1.54) is 37.7 Å². The van der Waals surface area contributed by atoms with Gasteiger partial charge in [-0.2, -0.15) is 0 Å². The molecule has 0 amide bonds. The zero-order chi connectivity index (χ0) is 17.2. The van der Waals surface area contributed by atoms with Gasteiger partial charge in [-0.15, -0.1) is 0 Å². The third-order valence-electron chi connectivity index (χ3n) is 7.83. The summed E-state index contributed by atoms with van der Waals surface area (Å²) < 4.78 is 0. The van der Waals surface area contributed by atoms with Gasteiger partial charge < -0.3 is 4.84 Å². The third kappa shape index (κ3) is 1.96. The van der Waals surface area contributed by atoms with E-state index in [2.05, 4.69) is 65.8 Å². The molecule has 2 aromatic rings. The van der Waals surface area contributed by atoms with Crippen molar-refractivity contribution < 1.29 is 4.84 Å². The molecule has 0 N–H and O–H groups in total. The van der Waals surface area contributed by atoms with Crippen LogP contribution in [-0.2, 0) is 10.3 Å². The molecule has 2 nitrogen and oxygen atoms in total. The molecule has 1 spiro atoms. The van der Waals surface area contributed by atoms with Crippen LogP contribution < -0.4 is 0 Å². The van der Waals surface area contributed by atoms with E-state index in [1.807, 2.05) is 0 Å². The minimum Gasteiger partial charge on any atom is -0.388 e. The van der Waals surface area contributed by atoms with Crippen molar-refractivity contribution in [2.75, 3.05) is 0 Å². The van der Waals surface area contributed by atoms with Gasteiger partial charge in [0.2, 0.25) is 0 Å². The van der Waals surface area contributed by atoms with Gasteiger partial charge in [-0.25, -0.2) is 0 Å². The molecule has 5 atom stereocenters. The lowest BCUT2D eigenvalue weighted by molar-refractivity contribution is -0.197. The van der Waals surface area contributed by atoms with E-state index in [0.29, 0.717) is 17.3 Å². The smallest absolute Gasteiger partial charge is 0.149 e. The van der Waals surface area contributed by atoms with Gasteiger partial charge >= 0.3 is 0 Å². The van der Waals surface area contributed by atoms with Crippen molar-refractivity contribution in [2.45, 2.75) is 49.5 Å². The molecule has 1 aliphatic heterocycles. The van der Waals surface area contributed by atoms with Crippen LogP contribution in [0.15, 0.2) is 65.8 Å². The normalized spacial score (nSPS) is 39.8. The first kappa shape index (κ1) is 15.0. The molecule has 2 heteroatoms. The first-order valence-electron chi connectivity index (χ1n) is 10.1. The maximum Gasteiger partial charge on any atom is 0.149 e. The van der Waals surface area contributed by atoms with Crippen LogP contribution in [0.4, 0.5) is 0 Å². The minimum atomic E-state index is -0.0274.